The van der Waals surface area contributed by atoms with Crippen LogP contribution in [0.25, 0.3) is 0 Å². The van der Waals surface area contributed by atoms with Crippen LogP contribution in [-0.2, 0) is 14.8 Å². The molecule has 4 N–H and O–H groups in total. The second kappa shape index (κ2) is 8.79. The number of amides is 1. The van der Waals surface area contributed by atoms with Gasteiger partial charge in [-0.1, -0.05) is 18.6 Å². The van der Waals surface area contributed by atoms with Crippen LogP contribution in [-0.4, -0.2) is 39.8 Å². The number of rotatable bonds is 9. The van der Waals surface area contributed by atoms with Crippen LogP contribution in [0.2, 0.25) is 0 Å². The number of sulfonamides is 1. The number of nitrogens with two attached hydrogens (primary N) is 1. The summed E-state index contributed by atoms with van der Waals surface area (Å²) < 4.78 is 26.4. The second-order valence-corrected chi connectivity index (χ2v) is 7.29. The lowest BCUT2D eigenvalue weighted by Crippen LogP contribution is -2.25. The van der Waals surface area contributed by atoms with E-state index in [1.807, 2.05) is 0 Å². The van der Waals surface area contributed by atoms with Crippen LogP contribution >= 0.6 is 0 Å². The molecular weight excluding hydrogens is 328 g/mol. The Balaban J connectivity index is 1.71. The van der Waals surface area contributed by atoms with Crippen molar-refractivity contribution in [3.8, 4) is 0 Å². The summed E-state index contributed by atoms with van der Waals surface area (Å²) in [6.45, 7) is 1.73. The summed E-state index contributed by atoms with van der Waals surface area (Å²) in [7, 11) is -3.47. The number of unbranched alkanes of at least 4 members (excludes halogenated alkanes) is 2. The minimum Gasteiger partial charge on any atom is -0.356 e. The quantitative estimate of drug-likeness (QED) is 0.569. The topological polar surface area (TPSA) is 114 Å². The highest BCUT2D eigenvalue weighted by Gasteiger charge is 2.29. The number of amidine groups is 1. The summed E-state index contributed by atoms with van der Waals surface area (Å²) >= 11 is 0. The van der Waals surface area contributed by atoms with E-state index in [9.17, 15) is 13.2 Å². The summed E-state index contributed by atoms with van der Waals surface area (Å²) in [4.78, 5) is 16.1. The summed E-state index contributed by atoms with van der Waals surface area (Å²) in [5, 5.41) is 2.82. The van der Waals surface area contributed by atoms with Crippen molar-refractivity contribution in [1.29, 1.82) is 0 Å². The molecule has 0 atom stereocenters. The van der Waals surface area contributed by atoms with E-state index < -0.39 is 10.0 Å². The van der Waals surface area contributed by atoms with Crippen molar-refractivity contribution in [3.63, 3.8) is 0 Å². The smallest absolute Gasteiger partial charge is 0.263 e. The fourth-order valence-electron chi connectivity index (χ4n) is 2.43. The maximum atomic E-state index is 11.9. The maximum Gasteiger partial charge on any atom is 0.263 e. The van der Waals surface area contributed by atoms with E-state index in [2.05, 4.69) is 15.0 Å². The average molecular weight is 352 g/mol. The van der Waals surface area contributed by atoms with Crippen LogP contribution in [0.4, 0.5) is 0 Å². The van der Waals surface area contributed by atoms with Gasteiger partial charge in [0.25, 0.3) is 10.0 Å². The molecule has 24 heavy (non-hydrogen) atoms. The number of hydrogen-bond donors (Lipinski definition) is 3. The van der Waals surface area contributed by atoms with Gasteiger partial charge in [0.05, 0.1) is 4.90 Å². The van der Waals surface area contributed by atoms with E-state index in [0.717, 1.165) is 25.7 Å². The Morgan fingerprint density at radius 2 is 1.96 bits per heavy atom. The molecule has 1 heterocycles. The fourth-order valence-corrected chi connectivity index (χ4v) is 3.69. The minimum atomic E-state index is -3.47. The number of carbonyl (C=O) groups is 1. The van der Waals surface area contributed by atoms with E-state index in [1.54, 1.807) is 24.3 Å². The normalized spacial score (nSPS) is 16.6. The number of nitrogens with one attached hydrogen (secondary N) is 2. The molecule has 0 bridgehead atoms. The lowest BCUT2D eigenvalue weighted by atomic mass is 10.2. The molecule has 0 unspecified atom stereocenters. The number of nitrogens with zero attached hydrogens (tertiary/aromatic N) is 1. The highest BCUT2D eigenvalue weighted by Crippen LogP contribution is 2.22. The molecule has 0 radical (unpaired) electrons. The third kappa shape index (κ3) is 5.04. The average Bonchev–Trinajstić information content (AvgIpc) is 2.82. The molecule has 1 aromatic carbocycles. The molecule has 7 nitrogen and oxygen atoms in total. The van der Waals surface area contributed by atoms with E-state index in [1.165, 1.54) is 0 Å². The van der Waals surface area contributed by atoms with Gasteiger partial charge in [-0.05, 0) is 37.9 Å². The van der Waals surface area contributed by atoms with Gasteiger partial charge >= 0.3 is 0 Å². The monoisotopic (exact) mass is 352 g/mol. The zero-order valence-electron chi connectivity index (χ0n) is 13.6. The number of benzene rings is 1. The minimum absolute atomic E-state index is 0.0484. The van der Waals surface area contributed by atoms with Crippen LogP contribution in [0.1, 0.15) is 37.7 Å². The van der Waals surface area contributed by atoms with Gasteiger partial charge in [0.15, 0.2) is 0 Å². The molecule has 0 fully saturated rings. The first-order valence-electron chi connectivity index (χ1n) is 8.18. The fraction of sp³-hybridized carbons (Fsp3) is 0.500. The highest BCUT2D eigenvalue weighted by atomic mass is 32.2. The first kappa shape index (κ1) is 18.4. The van der Waals surface area contributed by atoms with E-state index in [4.69, 9.17) is 5.73 Å². The van der Waals surface area contributed by atoms with Crippen LogP contribution in [0.15, 0.2) is 34.2 Å². The van der Waals surface area contributed by atoms with Crippen molar-refractivity contribution >= 4 is 21.8 Å². The summed E-state index contributed by atoms with van der Waals surface area (Å²) in [5.74, 6) is 0.456. The Kier molecular flexibility index (Phi) is 6.74. The molecule has 132 valence electrons. The summed E-state index contributed by atoms with van der Waals surface area (Å²) in [5.41, 5.74) is 5.98. The molecule has 0 aliphatic carbocycles. The molecule has 0 saturated carbocycles. The van der Waals surface area contributed by atoms with Gasteiger partial charge in [0.1, 0.15) is 5.84 Å². The lowest BCUT2D eigenvalue weighted by molar-refractivity contribution is -0.121. The molecule has 2 rings (SSSR count). The van der Waals surface area contributed by atoms with Gasteiger partial charge in [-0.3, -0.25) is 14.5 Å². The van der Waals surface area contributed by atoms with Gasteiger partial charge in [-0.25, -0.2) is 8.42 Å². The SMILES string of the molecule is NCCCNC(=O)CCCCCN=C1NS(=O)(=O)c2ccccc21. The summed E-state index contributed by atoms with van der Waals surface area (Å²) in [6, 6.07) is 6.81. The van der Waals surface area contributed by atoms with Gasteiger partial charge < -0.3 is 11.1 Å². The Morgan fingerprint density at radius 1 is 1.17 bits per heavy atom. The maximum absolute atomic E-state index is 11.9. The molecule has 1 amide bonds. The number of fused-ring (bicyclic) bond motifs is 1. The standard InChI is InChI=1S/C16H24N4O3S/c17-10-6-12-18-15(21)9-2-1-5-11-19-16-13-7-3-4-8-14(13)24(22,23)20-16/h3-4,7-8H,1-2,5-6,9-12,17H2,(H,18,21)(H,19,20). The van der Waals surface area contributed by atoms with Crippen molar-refractivity contribution in [2.45, 2.75) is 37.0 Å². The predicted molar refractivity (Wildman–Crippen MR) is 93.3 cm³/mol. The van der Waals surface area contributed by atoms with Gasteiger partial charge in [-0.15, -0.1) is 0 Å². The molecular formula is C16H24N4O3S. The number of aliphatic imine (C=N–C) groups is 1. The zero-order valence-corrected chi connectivity index (χ0v) is 14.4. The van der Waals surface area contributed by atoms with Crippen LogP contribution in [0.5, 0.6) is 0 Å². The Bertz CT molecular complexity index is 701. The van der Waals surface area contributed by atoms with E-state index in [0.29, 0.717) is 37.5 Å². The van der Waals surface area contributed by atoms with Gasteiger partial charge in [0.2, 0.25) is 5.91 Å². The summed E-state index contributed by atoms with van der Waals surface area (Å²) in [6.07, 6.45) is 3.76. The van der Waals surface area contributed by atoms with Crippen molar-refractivity contribution in [2.24, 2.45) is 10.7 Å². The van der Waals surface area contributed by atoms with Crippen molar-refractivity contribution in [1.82, 2.24) is 10.0 Å². The molecule has 1 aromatic rings. The largest absolute Gasteiger partial charge is 0.356 e. The molecule has 0 saturated heterocycles. The zero-order chi connectivity index (χ0) is 17.4. The first-order valence-corrected chi connectivity index (χ1v) is 9.66. The first-order chi connectivity index (χ1) is 11.5. The van der Waals surface area contributed by atoms with Gasteiger partial charge in [0, 0.05) is 25.1 Å². The van der Waals surface area contributed by atoms with Crippen molar-refractivity contribution < 1.29 is 13.2 Å². The second-order valence-electron chi connectivity index (χ2n) is 5.63. The lowest BCUT2D eigenvalue weighted by Gasteiger charge is -2.04. The van der Waals surface area contributed by atoms with Crippen molar-refractivity contribution in [3.05, 3.63) is 29.8 Å². The van der Waals surface area contributed by atoms with E-state index in [-0.39, 0.29) is 10.8 Å². The molecule has 0 aromatic heterocycles. The van der Waals surface area contributed by atoms with Crippen LogP contribution in [0, 0.1) is 0 Å². The Hall–Kier alpha value is -1.93. The van der Waals surface area contributed by atoms with Crippen LogP contribution < -0.4 is 15.8 Å². The predicted octanol–water partition coefficient (Wildman–Crippen LogP) is 0.750. The molecule has 1 aliphatic rings. The number of hydrogen-bond acceptors (Lipinski definition) is 5. The molecule has 8 heteroatoms. The Morgan fingerprint density at radius 3 is 2.75 bits per heavy atom. The van der Waals surface area contributed by atoms with Crippen molar-refractivity contribution in [2.75, 3.05) is 19.6 Å². The highest BCUT2D eigenvalue weighted by molar-refractivity contribution is 7.90. The van der Waals surface area contributed by atoms with Crippen LogP contribution in [0.3, 0.4) is 0 Å². The third-order valence-electron chi connectivity index (χ3n) is 3.70. The molecule has 0 spiro atoms. The van der Waals surface area contributed by atoms with E-state index >= 15 is 0 Å². The number of carbonyl (C=O) groups excluding carboxylic acids is 1. The molecule has 1 aliphatic heterocycles. The van der Waals surface area contributed by atoms with Gasteiger partial charge in [-0.2, -0.15) is 0 Å². The third-order valence-corrected chi connectivity index (χ3v) is 5.09. The Labute approximate surface area is 142 Å².